The fourth-order valence-electron chi connectivity index (χ4n) is 3.49. The van der Waals surface area contributed by atoms with Crippen LogP contribution < -0.4 is 25.3 Å². The zero-order valence-corrected chi connectivity index (χ0v) is 21.5. The van der Waals surface area contributed by atoms with E-state index in [2.05, 4.69) is 22.4 Å². The second-order valence-electron chi connectivity index (χ2n) is 8.02. The van der Waals surface area contributed by atoms with Crippen LogP contribution in [-0.4, -0.2) is 41.4 Å². The molecule has 0 aliphatic heterocycles. The molecule has 4 rings (SSSR count). The third-order valence-electron chi connectivity index (χ3n) is 5.42. The first-order valence-corrected chi connectivity index (χ1v) is 11.8. The van der Waals surface area contributed by atoms with E-state index in [0.717, 1.165) is 33.5 Å². The molecule has 10 nitrogen and oxygen atoms in total. The van der Waals surface area contributed by atoms with Gasteiger partial charge in [-0.25, -0.2) is 9.59 Å². The molecule has 1 heterocycles. The van der Waals surface area contributed by atoms with Gasteiger partial charge in [-0.3, -0.25) is 4.98 Å². The number of nitrogens with two attached hydrogens (primary N) is 1. The average molecular weight is 532 g/mol. The molecule has 4 aromatic rings. The molecule has 0 amide bonds. The van der Waals surface area contributed by atoms with Gasteiger partial charge in [-0.2, -0.15) is 0 Å². The van der Waals surface area contributed by atoms with E-state index in [-0.39, 0.29) is 0 Å². The molecule has 1 aromatic heterocycles. The Morgan fingerprint density at radius 1 is 0.897 bits per heavy atom. The smallest absolute Gasteiger partial charge is 0.328 e. The molecule has 0 radical (unpaired) electrons. The summed E-state index contributed by atoms with van der Waals surface area (Å²) in [4.78, 5) is 23.7. The molecule has 10 heteroatoms. The molecule has 0 atom stereocenters. The minimum absolute atomic E-state index is 0.537. The number of rotatable bonds is 10. The molecule has 0 bridgehead atoms. The molecule has 0 fully saturated rings. The molecule has 0 saturated carbocycles. The topological polar surface area (TPSA) is 153 Å². The van der Waals surface area contributed by atoms with E-state index in [1.54, 1.807) is 20.4 Å². The molecule has 0 aliphatic rings. The number of nitrogens with zero attached hydrogens (tertiary/aromatic N) is 1. The van der Waals surface area contributed by atoms with E-state index in [4.69, 9.17) is 30.2 Å². The van der Waals surface area contributed by atoms with Crippen LogP contribution in [0, 0.1) is 0 Å². The second-order valence-corrected chi connectivity index (χ2v) is 8.02. The first-order chi connectivity index (χ1) is 18.8. The third kappa shape index (κ3) is 8.20. The van der Waals surface area contributed by atoms with Gasteiger partial charge in [0, 0.05) is 42.9 Å². The van der Waals surface area contributed by atoms with Crippen molar-refractivity contribution in [3.8, 4) is 23.0 Å². The number of ether oxygens (including phenoxy) is 3. The molecule has 0 unspecified atom stereocenters. The molecule has 0 spiro atoms. The van der Waals surface area contributed by atoms with Gasteiger partial charge in [0.05, 0.1) is 25.4 Å². The number of aliphatic carboxylic acids is 2. The molecule has 202 valence electrons. The summed E-state index contributed by atoms with van der Waals surface area (Å²) in [6.07, 6.45) is 2.89. The number of carboxylic acids is 2. The van der Waals surface area contributed by atoms with E-state index in [0.29, 0.717) is 42.5 Å². The lowest BCUT2D eigenvalue weighted by atomic mass is 10.1. The number of hydrogen-bond acceptors (Lipinski definition) is 8. The van der Waals surface area contributed by atoms with Gasteiger partial charge in [0.15, 0.2) is 11.5 Å². The van der Waals surface area contributed by atoms with Gasteiger partial charge in [-0.05, 0) is 47.5 Å². The first-order valence-electron chi connectivity index (χ1n) is 11.8. The highest BCUT2D eigenvalue weighted by Crippen LogP contribution is 2.42. The van der Waals surface area contributed by atoms with Crippen LogP contribution in [0.5, 0.6) is 23.0 Å². The van der Waals surface area contributed by atoms with E-state index in [1.165, 1.54) is 0 Å². The number of aromatic nitrogens is 1. The molecular weight excluding hydrogens is 502 g/mol. The van der Waals surface area contributed by atoms with E-state index in [9.17, 15) is 9.59 Å². The monoisotopic (exact) mass is 531 g/mol. The maximum absolute atomic E-state index is 9.55. The Labute approximate surface area is 225 Å². The van der Waals surface area contributed by atoms with Gasteiger partial charge in [0.2, 0.25) is 0 Å². The summed E-state index contributed by atoms with van der Waals surface area (Å²) in [6.45, 7) is 1.19. The normalized spacial score (nSPS) is 10.4. The Kier molecular flexibility index (Phi) is 10.2. The Morgan fingerprint density at radius 3 is 2.08 bits per heavy atom. The molecule has 5 N–H and O–H groups in total. The highest BCUT2D eigenvalue weighted by Gasteiger charge is 2.16. The number of nitrogens with one attached hydrogen (secondary N) is 1. The minimum Gasteiger partial charge on any atom is -0.497 e. The summed E-state index contributed by atoms with van der Waals surface area (Å²) < 4.78 is 17.1. The molecule has 3 aromatic carbocycles. The van der Waals surface area contributed by atoms with Crippen molar-refractivity contribution in [3.05, 3.63) is 96.2 Å². The summed E-state index contributed by atoms with van der Waals surface area (Å²) in [5, 5.41) is 20.0. The summed E-state index contributed by atoms with van der Waals surface area (Å²) in [5.41, 5.74) is 9.63. The third-order valence-corrected chi connectivity index (χ3v) is 5.42. The zero-order chi connectivity index (χ0) is 28.2. The Balaban J connectivity index is 0.000000459. The maximum Gasteiger partial charge on any atom is 0.328 e. The van der Waals surface area contributed by atoms with Crippen LogP contribution in [-0.2, 0) is 22.7 Å². The number of benzene rings is 3. The number of carboxylic acid groups (broad SMARTS) is 2. The quantitative estimate of drug-likeness (QED) is 0.209. The Morgan fingerprint density at radius 2 is 1.51 bits per heavy atom. The second kappa shape index (κ2) is 14.0. The highest BCUT2D eigenvalue weighted by molar-refractivity contribution is 5.97. The Hall–Kier alpha value is -5.09. The van der Waals surface area contributed by atoms with E-state index < -0.39 is 11.9 Å². The molecule has 0 aliphatic carbocycles. The van der Waals surface area contributed by atoms with E-state index in [1.807, 2.05) is 54.6 Å². The standard InChI is InChI=1S/C25H25N3O3.C4H4O4/c1-29-19-9-11-20(12-10-19)31-25-21-4-3-13-27-24(21)22(14-23(25)30-2)28-16-18-7-5-17(15-26)6-8-18;5-3(6)1-2-4(7)8/h3-14,28H,15-16,26H2,1-2H3;1-2H,(H,5,6)(H,7,8)/b;2-1-. The highest BCUT2D eigenvalue weighted by atomic mass is 16.5. The summed E-state index contributed by atoms with van der Waals surface area (Å²) in [5.74, 6) is 0.181. The van der Waals surface area contributed by atoms with Crippen LogP contribution in [0.1, 0.15) is 11.1 Å². The summed E-state index contributed by atoms with van der Waals surface area (Å²) in [7, 11) is 3.27. The number of carbonyl (C=O) groups is 2. The minimum atomic E-state index is -1.26. The number of hydrogen-bond donors (Lipinski definition) is 4. The molecule has 0 saturated heterocycles. The lowest BCUT2D eigenvalue weighted by Crippen LogP contribution is -2.03. The van der Waals surface area contributed by atoms with Crippen LogP contribution in [0.15, 0.2) is 85.1 Å². The lowest BCUT2D eigenvalue weighted by Gasteiger charge is -2.17. The van der Waals surface area contributed by atoms with Crippen molar-refractivity contribution >= 4 is 28.5 Å². The zero-order valence-electron chi connectivity index (χ0n) is 21.5. The van der Waals surface area contributed by atoms with Crippen molar-refractivity contribution in [1.82, 2.24) is 4.98 Å². The number of methoxy groups -OCH3 is 2. The number of fused-ring (bicyclic) bond motifs is 1. The lowest BCUT2D eigenvalue weighted by molar-refractivity contribution is -0.134. The largest absolute Gasteiger partial charge is 0.497 e. The predicted octanol–water partition coefficient (Wildman–Crippen LogP) is 4.83. The summed E-state index contributed by atoms with van der Waals surface area (Å²) in [6, 6.07) is 21.4. The van der Waals surface area contributed by atoms with E-state index >= 15 is 0 Å². The van der Waals surface area contributed by atoms with Crippen molar-refractivity contribution in [2.24, 2.45) is 5.73 Å². The van der Waals surface area contributed by atoms with Crippen molar-refractivity contribution < 1.29 is 34.0 Å². The number of anilines is 1. The van der Waals surface area contributed by atoms with Crippen LogP contribution >= 0.6 is 0 Å². The van der Waals surface area contributed by atoms with Crippen molar-refractivity contribution in [2.45, 2.75) is 13.1 Å². The van der Waals surface area contributed by atoms with Gasteiger partial charge >= 0.3 is 11.9 Å². The van der Waals surface area contributed by atoms with Crippen LogP contribution in [0.3, 0.4) is 0 Å². The Bertz CT molecular complexity index is 1420. The molecular formula is C29H29N3O7. The average Bonchev–Trinajstić information content (AvgIpc) is 2.96. The SMILES string of the molecule is COc1ccc(Oc2c(OC)cc(NCc3ccc(CN)cc3)c3ncccc23)cc1.O=C(O)/C=C\C(=O)O. The fraction of sp³-hybridized carbons (Fsp3) is 0.138. The molecule has 39 heavy (non-hydrogen) atoms. The van der Waals surface area contributed by atoms with Crippen LogP contribution in [0.25, 0.3) is 10.9 Å². The van der Waals surface area contributed by atoms with Gasteiger partial charge in [-0.15, -0.1) is 0 Å². The maximum atomic E-state index is 9.55. The van der Waals surface area contributed by atoms with Crippen molar-refractivity contribution in [1.29, 1.82) is 0 Å². The van der Waals surface area contributed by atoms with Gasteiger partial charge in [0.25, 0.3) is 0 Å². The van der Waals surface area contributed by atoms with Crippen LogP contribution in [0.2, 0.25) is 0 Å². The van der Waals surface area contributed by atoms with Gasteiger partial charge in [0.1, 0.15) is 11.5 Å². The van der Waals surface area contributed by atoms with Gasteiger partial charge < -0.3 is 35.5 Å². The van der Waals surface area contributed by atoms with Crippen molar-refractivity contribution in [2.75, 3.05) is 19.5 Å². The number of pyridine rings is 1. The first kappa shape index (κ1) is 28.5. The predicted molar refractivity (Wildman–Crippen MR) is 147 cm³/mol. The van der Waals surface area contributed by atoms with Crippen LogP contribution in [0.4, 0.5) is 5.69 Å². The van der Waals surface area contributed by atoms with Crippen molar-refractivity contribution in [3.63, 3.8) is 0 Å². The summed E-state index contributed by atoms with van der Waals surface area (Å²) >= 11 is 0. The van der Waals surface area contributed by atoms with Gasteiger partial charge in [-0.1, -0.05) is 24.3 Å². The fourth-order valence-corrected chi connectivity index (χ4v) is 3.49.